The van der Waals surface area contributed by atoms with Crippen LogP contribution in [-0.2, 0) is 4.74 Å². The standard InChI is InChI=1S/C15H21F2NO/c1-10(2)8-18-9-12-5-6-19-15(12)11-3-4-13(16)14(17)7-11/h3-4,7,10,12,15,18H,5-6,8-9H2,1-2H3. The van der Waals surface area contributed by atoms with Crippen LogP contribution in [-0.4, -0.2) is 19.7 Å². The Kier molecular flexibility index (Phi) is 4.88. The zero-order chi connectivity index (χ0) is 13.8. The minimum atomic E-state index is -0.809. The summed E-state index contributed by atoms with van der Waals surface area (Å²) in [7, 11) is 0. The quantitative estimate of drug-likeness (QED) is 0.885. The molecule has 0 aliphatic carbocycles. The van der Waals surface area contributed by atoms with E-state index in [1.807, 2.05) is 0 Å². The normalized spacial score (nSPS) is 23.2. The Labute approximate surface area is 113 Å². The predicted octanol–water partition coefficient (Wildman–Crippen LogP) is 3.29. The highest BCUT2D eigenvalue weighted by atomic mass is 19.2. The van der Waals surface area contributed by atoms with E-state index < -0.39 is 11.6 Å². The Hall–Kier alpha value is -1.00. The van der Waals surface area contributed by atoms with Gasteiger partial charge in [0.25, 0.3) is 0 Å². The highest BCUT2D eigenvalue weighted by molar-refractivity contribution is 5.21. The first kappa shape index (κ1) is 14.4. The molecule has 1 aliphatic rings. The molecule has 0 saturated carbocycles. The van der Waals surface area contributed by atoms with Gasteiger partial charge in [-0.15, -0.1) is 0 Å². The second kappa shape index (κ2) is 6.44. The molecule has 1 aliphatic heterocycles. The minimum Gasteiger partial charge on any atom is -0.373 e. The van der Waals surface area contributed by atoms with Crippen molar-refractivity contribution in [3.8, 4) is 0 Å². The van der Waals surface area contributed by atoms with Gasteiger partial charge in [0.15, 0.2) is 11.6 Å². The van der Waals surface area contributed by atoms with Gasteiger partial charge in [-0.05, 0) is 36.6 Å². The Bertz CT molecular complexity index is 423. The van der Waals surface area contributed by atoms with E-state index in [0.29, 0.717) is 18.4 Å². The van der Waals surface area contributed by atoms with E-state index >= 15 is 0 Å². The monoisotopic (exact) mass is 269 g/mol. The molecule has 0 radical (unpaired) electrons. The summed E-state index contributed by atoms with van der Waals surface area (Å²) in [5, 5.41) is 3.40. The van der Waals surface area contributed by atoms with Crippen LogP contribution in [0.15, 0.2) is 18.2 Å². The van der Waals surface area contributed by atoms with E-state index in [-0.39, 0.29) is 6.10 Å². The van der Waals surface area contributed by atoms with Crippen molar-refractivity contribution in [1.82, 2.24) is 5.32 Å². The van der Waals surface area contributed by atoms with Gasteiger partial charge in [0, 0.05) is 19.1 Å². The fourth-order valence-electron chi connectivity index (χ4n) is 2.46. The van der Waals surface area contributed by atoms with Gasteiger partial charge in [0.1, 0.15) is 0 Å². The number of ether oxygens (including phenoxy) is 1. The molecular weight excluding hydrogens is 248 g/mol. The van der Waals surface area contributed by atoms with Crippen molar-refractivity contribution in [3.05, 3.63) is 35.4 Å². The Balaban J connectivity index is 1.99. The fourth-order valence-corrected chi connectivity index (χ4v) is 2.46. The molecule has 19 heavy (non-hydrogen) atoms. The Morgan fingerprint density at radius 3 is 2.79 bits per heavy atom. The van der Waals surface area contributed by atoms with Gasteiger partial charge < -0.3 is 10.1 Å². The van der Waals surface area contributed by atoms with E-state index in [1.165, 1.54) is 12.1 Å². The third kappa shape index (κ3) is 3.74. The van der Waals surface area contributed by atoms with Crippen molar-refractivity contribution in [2.75, 3.05) is 19.7 Å². The summed E-state index contributed by atoms with van der Waals surface area (Å²) in [5.74, 6) is -0.689. The van der Waals surface area contributed by atoms with Crippen molar-refractivity contribution < 1.29 is 13.5 Å². The third-order valence-electron chi connectivity index (χ3n) is 3.45. The molecule has 1 aromatic carbocycles. The van der Waals surface area contributed by atoms with E-state index in [9.17, 15) is 8.78 Å². The van der Waals surface area contributed by atoms with E-state index in [4.69, 9.17) is 4.74 Å². The highest BCUT2D eigenvalue weighted by Gasteiger charge is 2.29. The summed E-state index contributed by atoms with van der Waals surface area (Å²) in [6.07, 6.45) is 0.823. The van der Waals surface area contributed by atoms with Gasteiger partial charge in [0.2, 0.25) is 0 Å². The lowest BCUT2D eigenvalue weighted by atomic mass is 9.95. The summed E-state index contributed by atoms with van der Waals surface area (Å²) in [6.45, 7) is 6.80. The van der Waals surface area contributed by atoms with Gasteiger partial charge in [-0.1, -0.05) is 19.9 Å². The topological polar surface area (TPSA) is 21.3 Å². The molecule has 0 amide bonds. The van der Waals surface area contributed by atoms with Crippen molar-refractivity contribution in [2.45, 2.75) is 26.4 Å². The molecular formula is C15H21F2NO. The number of hydrogen-bond donors (Lipinski definition) is 1. The van der Waals surface area contributed by atoms with Crippen LogP contribution in [0.3, 0.4) is 0 Å². The molecule has 1 fully saturated rings. The van der Waals surface area contributed by atoms with Gasteiger partial charge in [-0.25, -0.2) is 8.78 Å². The van der Waals surface area contributed by atoms with Gasteiger partial charge in [0.05, 0.1) is 6.10 Å². The van der Waals surface area contributed by atoms with Crippen molar-refractivity contribution >= 4 is 0 Å². The number of halogens is 2. The summed E-state index contributed by atoms with van der Waals surface area (Å²) in [4.78, 5) is 0. The third-order valence-corrected chi connectivity index (χ3v) is 3.45. The lowest BCUT2D eigenvalue weighted by Gasteiger charge is -2.20. The molecule has 0 spiro atoms. The number of benzene rings is 1. The lowest BCUT2D eigenvalue weighted by Crippen LogP contribution is -2.28. The summed E-state index contributed by atoms with van der Waals surface area (Å²) < 4.78 is 31.9. The van der Waals surface area contributed by atoms with Crippen molar-refractivity contribution in [3.63, 3.8) is 0 Å². The molecule has 2 rings (SSSR count). The Morgan fingerprint density at radius 2 is 2.11 bits per heavy atom. The second-order valence-corrected chi connectivity index (χ2v) is 5.57. The largest absolute Gasteiger partial charge is 0.373 e. The summed E-state index contributed by atoms with van der Waals surface area (Å²) >= 11 is 0. The zero-order valence-electron chi connectivity index (χ0n) is 11.5. The first-order valence-electron chi connectivity index (χ1n) is 6.85. The second-order valence-electron chi connectivity index (χ2n) is 5.57. The van der Waals surface area contributed by atoms with Gasteiger partial charge in [-0.3, -0.25) is 0 Å². The molecule has 2 nitrogen and oxygen atoms in total. The maximum absolute atomic E-state index is 13.3. The van der Waals surface area contributed by atoms with Crippen LogP contribution in [0.2, 0.25) is 0 Å². The minimum absolute atomic E-state index is 0.130. The van der Waals surface area contributed by atoms with Gasteiger partial charge >= 0.3 is 0 Å². The molecule has 4 heteroatoms. The predicted molar refractivity (Wildman–Crippen MR) is 70.9 cm³/mol. The number of nitrogens with one attached hydrogen (secondary N) is 1. The van der Waals surface area contributed by atoms with Crippen molar-refractivity contribution in [1.29, 1.82) is 0 Å². The van der Waals surface area contributed by atoms with E-state index in [2.05, 4.69) is 19.2 Å². The number of hydrogen-bond acceptors (Lipinski definition) is 2. The summed E-state index contributed by atoms with van der Waals surface area (Å²) in [5.41, 5.74) is 0.729. The van der Waals surface area contributed by atoms with Crippen molar-refractivity contribution in [2.24, 2.45) is 11.8 Å². The molecule has 2 unspecified atom stereocenters. The lowest BCUT2D eigenvalue weighted by molar-refractivity contribution is 0.0900. The average molecular weight is 269 g/mol. The number of rotatable bonds is 5. The maximum atomic E-state index is 13.3. The zero-order valence-corrected chi connectivity index (χ0v) is 11.5. The fraction of sp³-hybridized carbons (Fsp3) is 0.600. The van der Waals surface area contributed by atoms with Gasteiger partial charge in [-0.2, -0.15) is 0 Å². The smallest absolute Gasteiger partial charge is 0.159 e. The van der Waals surface area contributed by atoms with E-state index in [0.717, 1.165) is 25.1 Å². The first-order chi connectivity index (χ1) is 9.08. The summed E-state index contributed by atoms with van der Waals surface area (Å²) in [6, 6.07) is 4.04. The SMILES string of the molecule is CC(C)CNCC1CCOC1c1ccc(F)c(F)c1. The van der Waals surface area contributed by atoms with Crippen LogP contribution in [0.4, 0.5) is 8.78 Å². The molecule has 106 valence electrons. The highest BCUT2D eigenvalue weighted by Crippen LogP contribution is 2.34. The van der Waals surface area contributed by atoms with Crippen LogP contribution in [0.5, 0.6) is 0 Å². The van der Waals surface area contributed by atoms with Crippen LogP contribution in [0, 0.1) is 23.5 Å². The Morgan fingerprint density at radius 1 is 1.32 bits per heavy atom. The molecule has 0 bridgehead atoms. The van der Waals surface area contributed by atoms with E-state index in [1.54, 1.807) is 6.07 Å². The van der Waals surface area contributed by atoms with Crippen LogP contribution in [0.25, 0.3) is 0 Å². The first-order valence-corrected chi connectivity index (χ1v) is 6.85. The molecule has 1 heterocycles. The van der Waals surface area contributed by atoms with Crippen LogP contribution in [0.1, 0.15) is 31.9 Å². The molecule has 1 aromatic rings. The molecule has 1 saturated heterocycles. The molecule has 0 aromatic heterocycles. The molecule has 1 N–H and O–H groups in total. The van der Waals surface area contributed by atoms with Crippen LogP contribution >= 0.6 is 0 Å². The van der Waals surface area contributed by atoms with Crippen LogP contribution < -0.4 is 5.32 Å². The molecule has 2 atom stereocenters. The average Bonchev–Trinajstić information content (AvgIpc) is 2.80. The maximum Gasteiger partial charge on any atom is 0.159 e.